The first-order chi connectivity index (χ1) is 10.3. The highest BCUT2D eigenvalue weighted by molar-refractivity contribution is 8.00. The highest BCUT2D eigenvalue weighted by atomic mass is 35.5. The van der Waals surface area contributed by atoms with Crippen molar-refractivity contribution in [2.24, 2.45) is 5.41 Å². The lowest BCUT2D eigenvalue weighted by molar-refractivity contribution is 0.0910. The van der Waals surface area contributed by atoms with E-state index in [-0.39, 0.29) is 11.2 Å². The van der Waals surface area contributed by atoms with Gasteiger partial charge in [0.2, 0.25) is 0 Å². The van der Waals surface area contributed by atoms with Crippen LogP contribution in [0.2, 0.25) is 10.0 Å². The molecular formula is C17H16Cl2OS2. The molecule has 0 radical (unpaired) electrons. The normalized spacial score (nSPS) is 16.7. The number of carbonyl (C=O) groups excluding carboxylic acids is 1. The fourth-order valence-electron chi connectivity index (χ4n) is 2.97. The fourth-order valence-corrected chi connectivity index (χ4v) is 5.36. The van der Waals surface area contributed by atoms with E-state index in [0.717, 1.165) is 26.6 Å². The van der Waals surface area contributed by atoms with E-state index in [1.54, 1.807) is 23.1 Å². The van der Waals surface area contributed by atoms with Crippen LogP contribution in [-0.4, -0.2) is 12.0 Å². The predicted molar refractivity (Wildman–Crippen MR) is 98.0 cm³/mol. The van der Waals surface area contributed by atoms with Gasteiger partial charge in [-0.1, -0.05) is 43.1 Å². The van der Waals surface area contributed by atoms with Gasteiger partial charge in [-0.05, 0) is 41.4 Å². The van der Waals surface area contributed by atoms with Crippen LogP contribution in [0.5, 0.6) is 0 Å². The maximum Gasteiger partial charge on any atom is 0.165 e. The van der Waals surface area contributed by atoms with Gasteiger partial charge in [0.15, 0.2) is 5.78 Å². The summed E-state index contributed by atoms with van der Waals surface area (Å²) < 4.78 is 1.11. The van der Waals surface area contributed by atoms with Crippen molar-refractivity contribution in [1.29, 1.82) is 0 Å². The summed E-state index contributed by atoms with van der Waals surface area (Å²) in [6.07, 6.45) is 3.56. The lowest BCUT2D eigenvalue weighted by Crippen LogP contribution is -2.26. The van der Waals surface area contributed by atoms with Crippen LogP contribution in [0.25, 0.3) is 10.4 Å². The smallest absolute Gasteiger partial charge is 0.165 e. The molecule has 1 aliphatic carbocycles. The van der Waals surface area contributed by atoms with Gasteiger partial charge in [0, 0.05) is 16.9 Å². The van der Waals surface area contributed by atoms with Crippen molar-refractivity contribution in [3.63, 3.8) is 0 Å². The van der Waals surface area contributed by atoms with E-state index in [0.29, 0.717) is 16.5 Å². The molecule has 22 heavy (non-hydrogen) atoms. The zero-order chi connectivity index (χ0) is 16.1. The van der Waals surface area contributed by atoms with E-state index in [4.69, 9.17) is 23.2 Å². The summed E-state index contributed by atoms with van der Waals surface area (Å²) >= 11 is 15.5. The summed E-state index contributed by atoms with van der Waals surface area (Å²) in [5, 5.41) is 1.10. The second-order valence-corrected chi connectivity index (χ2v) is 9.26. The summed E-state index contributed by atoms with van der Waals surface area (Å²) in [5.41, 5.74) is 3.15. The molecule has 0 unspecified atom stereocenters. The number of rotatable bonds is 2. The number of thioether (sulfide) groups is 1. The van der Waals surface area contributed by atoms with Gasteiger partial charge in [0.1, 0.15) is 0 Å². The Bertz CT molecular complexity index is 762. The van der Waals surface area contributed by atoms with Gasteiger partial charge in [-0.25, -0.2) is 0 Å². The summed E-state index contributed by atoms with van der Waals surface area (Å²) in [6.45, 7) is 4.31. The minimum atomic E-state index is 0.00576. The summed E-state index contributed by atoms with van der Waals surface area (Å²) in [5.74, 6) is 0.262. The number of Topliss-reactive ketones (excluding diaryl/α,β-unsaturated/α-hetero) is 1. The van der Waals surface area contributed by atoms with Gasteiger partial charge in [-0.3, -0.25) is 4.79 Å². The van der Waals surface area contributed by atoms with E-state index < -0.39 is 0 Å². The Balaban J connectivity index is 2.21. The summed E-state index contributed by atoms with van der Waals surface area (Å²) in [7, 11) is 0. The van der Waals surface area contributed by atoms with Crippen LogP contribution in [0.4, 0.5) is 0 Å². The van der Waals surface area contributed by atoms with E-state index in [9.17, 15) is 4.79 Å². The largest absolute Gasteiger partial charge is 0.294 e. The van der Waals surface area contributed by atoms with Gasteiger partial charge >= 0.3 is 0 Å². The van der Waals surface area contributed by atoms with Crippen LogP contribution < -0.4 is 0 Å². The van der Waals surface area contributed by atoms with Crippen molar-refractivity contribution in [3.05, 3.63) is 39.4 Å². The Morgan fingerprint density at radius 1 is 1.18 bits per heavy atom. The molecule has 0 saturated carbocycles. The second-order valence-electron chi connectivity index (χ2n) is 6.35. The van der Waals surface area contributed by atoms with Crippen LogP contribution in [0.15, 0.2) is 22.4 Å². The molecule has 1 heterocycles. The number of hydrogen-bond acceptors (Lipinski definition) is 3. The minimum absolute atomic E-state index is 0.00576. The zero-order valence-corrected chi connectivity index (χ0v) is 15.8. The third kappa shape index (κ3) is 2.84. The lowest BCUT2D eigenvalue weighted by Gasteiger charge is -2.29. The molecule has 0 N–H and O–H groups in total. The van der Waals surface area contributed by atoms with Crippen LogP contribution >= 0.6 is 46.3 Å². The second kappa shape index (κ2) is 5.86. The topological polar surface area (TPSA) is 17.1 Å². The van der Waals surface area contributed by atoms with Gasteiger partial charge in [-0.2, -0.15) is 0 Å². The Hall–Kier alpha value is -0.480. The van der Waals surface area contributed by atoms with Crippen molar-refractivity contribution >= 4 is 52.1 Å². The van der Waals surface area contributed by atoms with E-state index >= 15 is 0 Å². The van der Waals surface area contributed by atoms with Crippen LogP contribution in [0.1, 0.15) is 36.2 Å². The molecule has 1 aliphatic rings. The molecule has 3 rings (SSSR count). The van der Waals surface area contributed by atoms with Crippen molar-refractivity contribution in [2.45, 2.75) is 30.9 Å². The molecule has 0 bridgehead atoms. The van der Waals surface area contributed by atoms with Gasteiger partial charge in [-0.15, -0.1) is 23.1 Å². The molecule has 0 aliphatic heterocycles. The Labute approximate surface area is 149 Å². The first-order valence-electron chi connectivity index (χ1n) is 7.00. The average molecular weight is 371 g/mol. The third-order valence-electron chi connectivity index (χ3n) is 3.92. The lowest BCUT2D eigenvalue weighted by atomic mass is 9.74. The molecule has 116 valence electrons. The maximum absolute atomic E-state index is 12.6. The van der Waals surface area contributed by atoms with Crippen LogP contribution in [-0.2, 0) is 6.42 Å². The molecule has 0 saturated heterocycles. The van der Waals surface area contributed by atoms with Crippen molar-refractivity contribution in [1.82, 2.24) is 0 Å². The molecule has 0 atom stereocenters. The third-order valence-corrected chi connectivity index (χ3v) is 7.05. The van der Waals surface area contributed by atoms with E-state index in [1.807, 2.05) is 24.5 Å². The van der Waals surface area contributed by atoms with E-state index in [2.05, 4.69) is 13.8 Å². The molecular weight excluding hydrogens is 355 g/mol. The molecule has 2 aromatic rings. The number of fused-ring (bicyclic) bond motifs is 1. The maximum atomic E-state index is 12.6. The molecule has 5 heteroatoms. The SMILES string of the molecule is CSc1sc(-c2ccc(Cl)c(Cl)c2)c2c1C(=O)CC(C)(C)C2. The number of carbonyl (C=O) groups is 1. The fraction of sp³-hybridized carbons (Fsp3) is 0.353. The van der Waals surface area contributed by atoms with E-state index in [1.165, 1.54) is 5.56 Å². The number of ketones is 1. The number of halogens is 2. The summed E-state index contributed by atoms with van der Waals surface area (Å²) in [4.78, 5) is 13.7. The highest BCUT2D eigenvalue weighted by Crippen LogP contribution is 2.48. The van der Waals surface area contributed by atoms with Gasteiger partial charge in [0.05, 0.1) is 14.3 Å². The minimum Gasteiger partial charge on any atom is -0.294 e. The Morgan fingerprint density at radius 3 is 2.55 bits per heavy atom. The van der Waals surface area contributed by atoms with Crippen LogP contribution in [0, 0.1) is 5.41 Å². The zero-order valence-electron chi connectivity index (χ0n) is 12.6. The van der Waals surface area contributed by atoms with Crippen molar-refractivity contribution < 1.29 is 4.79 Å². The molecule has 1 aromatic heterocycles. The average Bonchev–Trinajstić information content (AvgIpc) is 2.79. The first-order valence-corrected chi connectivity index (χ1v) is 9.80. The number of benzene rings is 1. The Kier molecular flexibility index (Phi) is 4.36. The summed E-state index contributed by atoms with van der Waals surface area (Å²) in [6, 6.07) is 5.70. The predicted octanol–water partition coefficient (Wildman–Crippen LogP) is 6.60. The highest BCUT2D eigenvalue weighted by Gasteiger charge is 2.36. The molecule has 0 amide bonds. The monoisotopic (exact) mass is 370 g/mol. The quantitative estimate of drug-likeness (QED) is 0.553. The van der Waals surface area contributed by atoms with Gasteiger partial charge in [0.25, 0.3) is 0 Å². The molecule has 1 nitrogen and oxygen atoms in total. The molecule has 0 fully saturated rings. The standard InChI is InChI=1S/C17H16Cl2OS2/c1-17(2)7-10-14(13(20)8-17)16(21-3)22-15(10)9-4-5-11(18)12(19)6-9/h4-6H,7-8H2,1-3H3. The number of thiophene rings is 1. The van der Waals surface area contributed by atoms with Crippen molar-refractivity contribution in [3.8, 4) is 10.4 Å². The van der Waals surface area contributed by atoms with Gasteiger partial charge < -0.3 is 0 Å². The molecule has 1 aromatic carbocycles. The van der Waals surface area contributed by atoms with Crippen LogP contribution in [0.3, 0.4) is 0 Å². The Morgan fingerprint density at radius 2 is 1.91 bits per heavy atom. The molecule has 0 spiro atoms. The number of hydrogen-bond donors (Lipinski definition) is 0. The first kappa shape index (κ1) is 16.4. The van der Waals surface area contributed by atoms with Crippen molar-refractivity contribution in [2.75, 3.05) is 6.26 Å².